The molecule has 98 valence electrons. The van der Waals surface area contributed by atoms with Gasteiger partial charge < -0.3 is 9.52 Å². The molecule has 0 unspecified atom stereocenters. The second-order valence-corrected chi connectivity index (χ2v) is 5.20. The zero-order chi connectivity index (χ0) is 13.6. The topological polar surface area (TPSA) is 63.3 Å². The highest BCUT2D eigenvalue weighted by Gasteiger charge is 2.34. The third-order valence-corrected chi connectivity index (χ3v) is 3.81. The molecule has 0 atom stereocenters. The molecule has 0 amide bonds. The standard InChI is InChI=1S/C13H9Cl2NO3/c14-8-3-1-2-7(9(8)15)12-16-10(6-4-5-6)11(19-12)13(17)18/h1-3,6H,4-5H2,(H,17,18). The van der Waals surface area contributed by atoms with Crippen LogP contribution < -0.4 is 0 Å². The molecule has 0 spiro atoms. The average Bonchev–Trinajstić information content (AvgIpc) is 3.12. The van der Waals surface area contributed by atoms with Gasteiger partial charge in [0.25, 0.3) is 0 Å². The molecule has 19 heavy (non-hydrogen) atoms. The van der Waals surface area contributed by atoms with Gasteiger partial charge in [0.2, 0.25) is 11.7 Å². The molecule has 4 nitrogen and oxygen atoms in total. The van der Waals surface area contributed by atoms with Crippen molar-refractivity contribution in [2.24, 2.45) is 0 Å². The van der Waals surface area contributed by atoms with Crippen LogP contribution in [0.2, 0.25) is 10.0 Å². The van der Waals surface area contributed by atoms with E-state index in [-0.39, 0.29) is 17.6 Å². The molecule has 1 N–H and O–H groups in total. The minimum absolute atomic E-state index is 0.103. The Bertz CT molecular complexity index is 662. The Balaban J connectivity index is 2.13. The molecule has 1 heterocycles. The maximum Gasteiger partial charge on any atom is 0.373 e. The predicted octanol–water partition coefficient (Wildman–Crippen LogP) is 4.22. The van der Waals surface area contributed by atoms with E-state index in [1.165, 1.54) is 0 Å². The molecular formula is C13H9Cl2NO3. The quantitative estimate of drug-likeness (QED) is 0.921. The number of hydrogen-bond donors (Lipinski definition) is 1. The van der Waals surface area contributed by atoms with E-state index in [1.807, 2.05) is 0 Å². The molecule has 0 saturated heterocycles. The smallest absolute Gasteiger partial charge is 0.373 e. The molecule has 2 aromatic rings. The van der Waals surface area contributed by atoms with Crippen LogP contribution in [-0.2, 0) is 0 Å². The molecule has 1 aliphatic carbocycles. The highest BCUT2D eigenvalue weighted by molar-refractivity contribution is 6.43. The number of aromatic nitrogens is 1. The van der Waals surface area contributed by atoms with Gasteiger partial charge in [0.05, 0.1) is 21.3 Å². The number of carbonyl (C=O) groups is 1. The molecular weight excluding hydrogens is 289 g/mol. The number of nitrogens with zero attached hydrogens (tertiary/aromatic N) is 1. The Morgan fingerprint density at radius 2 is 2.11 bits per heavy atom. The molecule has 6 heteroatoms. The number of rotatable bonds is 3. The predicted molar refractivity (Wildman–Crippen MR) is 70.9 cm³/mol. The van der Waals surface area contributed by atoms with E-state index in [4.69, 9.17) is 32.7 Å². The van der Waals surface area contributed by atoms with Crippen LogP contribution >= 0.6 is 23.2 Å². The first-order valence-corrected chi connectivity index (χ1v) is 6.52. The summed E-state index contributed by atoms with van der Waals surface area (Å²) in [6.07, 6.45) is 1.88. The lowest BCUT2D eigenvalue weighted by molar-refractivity contribution is 0.0661. The van der Waals surface area contributed by atoms with E-state index >= 15 is 0 Å². The number of halogens is 2. The fourth-order valence-electron chi connectivity index (χ4n) is 1.90. The maximum atomic E-state index is 11.2. The summed E-state index contributed by atoms with van der Waals surface area (Å²) in [5.74, 6) is -0.833. The number of carboxylic acids is 1. The van der Waals surface area contributed by atoms with Crippen molar-refractivity contribution in [3.05, 3.63) is 39.7 Å². The van der Waals surface area contributed by atoms with Crippen LogP contribution in [0.4, 0.5) is 0 Å². The number of oxazole rings is 1. The zero-order valence-corrected chi connectivity index (χ0v) is 11.2. The first-order chi connectivity index (χ1) is 9.08. The van der Waals surface area contributed by atoms with Crippen LogP contribution in [0.5, 0.6) is 0 Å². The SMILES string of the molecule is O=C(O)c1oc(-c2cccc(Cl)c2Cl)nc1C1CC1. The summed E-state index contributed by atoms with van der Waals surface area (Å²) in [5, 5.41) is 9.82. The molecule has 1 fully saturated rings. The van der Waals surface area contributed by atoms with Gasteiger partial charge in [-0.2, -0.15) is 0 Å². The van der Waals surface area contributed by atoms with Gasteiger partial charge in [0.15, 0.2) is 0 Å². The van der Waals surface area contributed by atoms with Gasteiger partial charge in [0.1, 0.15) is 0 Å². The van der Waals surface area contributed by atoms with Crippen LogP contribution in [0, 0.1) is 0 Å². The van der Waals surface area contributed by atoms with Crippen molar-refractivity contribution >= 4 is 29.2 Å². The number of aromatic carboxylic acids is 1. The third kappa shape index (κ3) is 2.22. The van der Waals surface area contributed by atoms with Gasteiger partial charge in [-0.1, -0.05) is 29.3 Å². The lowest BCUT2D eigenvalue weighted by Crippen LogP contribution is -1.98. The summed E-state index contributed by atoms with van der Waals surface area (Å²) in [6.45, 7) is 0. The summed E-state index contributed by atoms with van der Waals surface area (Å²) in [5.41, 5.74) is 1.00. The van der Waals surface area contributed by atoms with Crippen molar-refractivity contribution in [2.45, 2.75) is 18.8 Å². The van der Waals surface area contributed by atoms with Crippen molar-refractivity contribution < 1.29 is 14.3 Å². The second-order valence-electron chi connectivity index (χ2n) is 4.41. The van der Waals surface area contributed by atoms with Gasteiger partial charge in [-0.3, -0.25) is 0 Å². The van der Waals surface area contributed by atoms with Gasteiger partial charge in [0, 0.05) is 5.92 Å². The van der Waals surface area contributed by atoms with Crippen molar-refractivity contribution in [3.63, 3.8) is 0 Å². The molecule has 0 radical (unpaired) electrons. The van der Waals surface area contributed by atoms with Crippen LogP contribution in [0.3, 0.4) is 0 Å². The van der Waals surface area contributed by atoms with Gasteiger partial charge in [-0.15, -0.1) is 0 Å². The summed E-state index contributed by atoms with van der Waals surface area (Å²) in [4.78, 5) is 15.4. The van der Waals surface area contributed by atoms with Crippen molar-refractivity contribution in [3.8, 4) is 11.5 Å². The molecule has 0 bridgehead atoms. The lowest BCUT2D eigenvalue weighted by Gasteiger charge is -2.00. The normalized spacial score (nSPS) is 14.6. The van der Waals surface area contributed by atoms with Crippen LogP contribution in [0.1, 0.15) is 35.0 Å². The Morgan fingerprint density at radius 3 is 2.74 bits per heavy atom. The average molecular weight is 298 g/mol. The third-order valence-electron chi connectivity index (χ3n) is 2.99. The first kappa shape index (κ1) is 12.5. The Morgan fingerprint density at radius 1 is 1.37 bits per heavy atom. The van der Waals surface area contributed by atoms with Crippen LogP contribution in [-0.4, -0.2) is 16.1 Å². The van der Waals surface area contributed by atoms with E-state index in [1.54, 1.807) is 18.2 Å². The van der Waals surface area contributed by atoms with E-state index in [0.29, 0.717) is 21.3 Å². The molecule has 1 saturated carbocycles. The molecule has 1 aliphatic rings. The molecule has 1 aromatic carbocycles. The van der Waals surface area contributed by atoms with Crippen LogP contribution in [0.25, 0.3) is 11.5 Å². The second kappa shape index (κ2) is 4.54. The van der Waals surface area contributed by atoms with E-state index in [9.17, 15) is 4.79 Å². The highest BCUT2D eigenvalue weighted by atomic mass is 35.5. The summed E-state index contributed by atoms with van der Waals surface area (Å²) < 4.78 is 5.35. The number of benzene rings is 1. The van der Waals surface area contributed by atoms with Gasteiger partial charge in [-0.25, -0.2) is 9.78 Å². The van der Waals surface area contributed by atoms with Gasteiger partial charge >= 0.3 is 5.97 Å². The maximum absolute atomic E-state index is 11.2. The Labute approximate surface area is 119 Å². The Hall–Kier alpha value is -1.52. The van der Waals surface area contributed by atoms with Crippen LogP contribution in [0.15, 0.2) is 22.6 Å². The number of hydrogen-bond acceptors (Lipinski definition) is 3. The largest absolute Gasteiger partial charge is 0.475 e. The van der Waals surface area contributed by atoms with E-state index in [0.717, 1.165) is 12.8 Å². The monoisotopic (exact) mass is 297 g/mol. The minimum atomic E-state index is -1.11. The molecule has 3 rings (SSSR count). The lowest BCUT2D eigenvalue weighted by atomic mass is 10.2. The minimum Gasteiger partial charge on any atom is -0.475 e. The summed E-state index contributed by atoms with van der Waals surface area (Å²) in [7, 11) is 0. The fourth-order valence-corrected chi connectivity index (χ4v) is 2.28. The number of carboxylic acid groups (broad SMARTS) is 1. The van der Waals surface area contributed by atoms with E-state index < -0.39 is 5.97 Å². The van der Waals surface area contributed by atoms with E-state index in [2.05, 4.69) is 4.98 Å². The van der Waals surface area contributed by atoms with Crippen molar-refractivity contribution in [2.75, 3.05) is 0 Å². The highest BCUT2D eigenvalue weighted by Crippen LogP contribution is 2.43. The molecule has 0 aliphatic heterocycles. The Kier molecular flexibility index (Phi) is 2.99. The summed E-state index contributed by atoms with van der Waals surface area (Å²) >= 11 is 12.0. The van der Waals surface area contributed by atoms with Crippen molar-refractivity contribution in [1.29, 1.82) is 0 Å². The first-order valence-electron chi connectivity index (χ1n) is 5.76. The van der Waals surface area contributed by atoms with Crippen molar-refractivity contribution in [1.82, 2.24) is 4.98 Å². The fraction of sp³-hybridized carbons (Fsp3) is 0.231. The summed E-state index contributed by atoms with van der Waals surface area (Å²) in [6, 6.07) is 5.06. The molecule has 1 aromatic heterocycles. The van der Waals surface area contributed by atoms with Gasteiger partial charge in [-0.05, 0) is 25.0 Å². The zero-order valence-electron chi connectivity index (χ0n) is 9.69.